The maximum Gasteiger partial charge on any atom is 0.243 e. The predicted octanol–water partition coefficient (Wildman–Crippen LogP) is 3.72. The van der Waals surface area contributed by atoms with Crippen molar-refractivity contribution < 1.29 is 13.2 Å². The molecule has 1 atom stereocenters. The van der Waals surface area contributed by atoms with Crippen LogP contribution in [0.5, 0.6) is 0 Å². The van der Waals surface area contributed by atoms with E-state index in [4.69, 9.17) is 11.6 Å². The Morgan fingerprint density at radius 2 is 1.69 bits per heavy atom. The third-order valence-electron chi connectivity index (χ3n) is 6.14. The van der Waals surface area contributed by atoms with Crippen LogP contribution in [0.2, 0.25) is 5.02 Å². The first-order valence-corrected chi connectivity index (χ1v) is 12.8. The van der Waals surface area contributed by atoms with Crippen LogP contribution in [0, 0.1) is 5.92 Å². The minimum Gasteiger partial charge on any atom is -0.354 e. The molecular formula is C24H32ClN3O3S. The molecule has 2 aromatic rings. The largest absolute Gasteiger partial charge is 0.354 e. The summed E-state index contributed by atoms with van der Waals surface area (Å²) in [7, 11) is 0.439. The Hall–Kier alpha value is -1.93. The number of hydrogen-bond donors (Lipinski definition) is 1. The third-order valence-corrected chi connectivity index (χ3v) is 8.31. The van der Waals surface area contributed by atoms with Crippen molar-refractivity contribution in [2.75, 3.05) is 33.7 Å². The smallest absolute Gasteiger partial charge is 0.243 e. The Morgan fingerprint density at radius 3 is 2.22 bits per heavy atom. The predicted molar refractivity (Wildman–Crippen MR) is 128 cm³/mol. The average Bonchev–Trinajstić information content (AvgIpc) is 2.79. The first kappa shape index (κ1) is 24.7. The highest BCUT2D eigenvalue weighted by Gasteiger charge is 2.32. The number of rotatable bonds is 8. The van der Waals surface area contributed by atoms with Gasteiger partial charge in [-0.25, -0.2) is 8.42 Å². The molecule has 3 rings (SSSR count). The van der Waals surface area contributed by atoms with E-state index < -0.39 is 10.0 Å². The fraction of sp³-hybridized carbons (Fsp3) is 0.458. The van der Waals surface area contributed by atoms with Crippen LogP contribution >= 0.6 is 11.6 Å². The van der Waals surface area contributed by atoms with E-state index in [1.165, 1.54) is 22.0 Å². The minimum absolute atomic E-state index is 0.00873. The summed E-state index contributed by atoms with van der Waals surface area (Å²) in [6.07, 6.45) is 2.02. The number of nitrogens with zero attached hydrogens (tertiary/aromatic N) is 2. The number of hydrogen-bond acceptors (Lipinski definition) is 4. The van der Waals surface area contributed by atoms with Gasteiger partial charge in [0.2, 0.25) is 15.9 Å². The summed E-state index contributed by atoms with van der Waals surface area (Å²) in [6.45, 7) is 3.31. The summed E-state index contributed by atoms with van der Waals surface area (Å²) in [6, 6.07) is 14.8. The second-order valence-corrected chi connectivity index (χ2v) is 10.8. The Morgan fingerprint density at radius 1 is 1.09 bits per heavy atom. The lowest BCUT2D eigenvalue weighted by atomic mass is 9.96. The second-order valence-electron chi connectivity index (χ2n) is 8.45. The van der Waals surface area contributed by atoms with Gasteiger partial charge in [-0.2, -0.15) is 4.31 Å². The number of amides is 1. The molecule has 6 nitrogen and oxygen atoms in total. The van der Waals surface area contributed by atoms with Crippen molar-refractivity contribution in [1.29, 1.82) is 0 Å². The molecule has 174 valence electrons. The number of likely N-dealkylation sites (N-methyl/N-ethyl adjacent to an activating group) is 1. The van der Waals surface area contributed by atoms with Gasteiger partial charge in [0.15, 0.2) is 0 Å². The van der Waals surface area contributed by atoms with Gasteiger partial charge in [-0.15, -0.1) is 0 Å². The SMILES string of the molecule is CCc1ccc(C(CNC(=O)C2CCN(S(=O)(=O)c3ccc(Cl)cc3)CC2)N(C)C)cc1. The van der Waals surface area contributed by atoms with E-state index in [1.807, 2.05) is 14.1 Å². The lowest BCUT2D eigenvalue weighted by molar-refractivity contribution is -0.126. The van der Waals surface area contributed by atoms with Gasteiger partial charge in [0.05, 0.1) is 10.9 Å². The van der Waals surface area contributed by atoms with Crippen LogP contribution in [-0.4, -0.2) is 57.3 Å². The molecule has 0 saturated carbocycles. The molecule has 1 N–H and O–H groups in total. The molecule has 2 aromatic carbocycles. The maximum absolute atomic E-state index is 12.8. The van der Waals surface area contributed by atoms with Crippen molar-refractivity contribution in [3.63, 3.8) is 0 Å². The van der Waals surface area contributed by atoms with Crippen LogP contribution < -0.4 is 5.32 Å². The van der Waals surface area contributed by atoms with Crippen LogP contribution in [0.1, 0.15) is 36.9 Å². The van der Waals surface area contributed by atoms with E-state index >= 15 is 0 Å². The number of benzene rings is 2. The van der Waals surface area contributed by atoms with Gasteiger partial charge >= 0.3 is 0 Å². The zero-order chi connectivity index (χ0) is 23.3. The molecule has 32 heavy (non-hydrogen) atoms. The molecule has 0 spiro atoms. The summed E-state index contributed by atoms with van der Waals surface area (Å²) in [5, 5.41) is 3.59. The van der Waals surface area contributed by atoms with Gasteiger partial charge in [0, 0.05) is 30.6 Å². The highest BCUT2D eigenvalue weighted by atomic mass is 35.5. The Kier molecular flexibility index (Phi) is 8.33. The summed E-state index contributed by atoms with van der Waals surface area (Å²) in [5.74, 6) is -0.192. The summed E-state index contributed by atoms with van der Waals surface area (Å²) < 4.78 is 27.1. The first-order valence-electron chi connectivity index (χ1n) is 11.0. The zero-order valence-electron chi connectivity index (χ0n) is 18.9. The zero-order valence-corrected chi connectivity index (χ0v) is 20.5. The average molecular weight is 478 g/mol. The maximum atomic E-state index is 12.8. The number of halogens is 1. The molecule has 1 amide bonds. The van der Waals surface area contributed by atoms with E-state index in [2.05, 4.69) is 41.4 Å². The molecule has 0 bridgehead atoms. The summed E-state index contributed by atoms with van der Waals surface area (Å²) in [5.41, 5.74) is 2.45. The number of nitrogens with one attached hydrogen (secondary N) is 1. The Bertz CT molecular complexity index is 1000. The van der Waals surface area contributed by atoms with E-state index in [1.54, 1.807) is 12.1 Å². The molecule has 1 aliphatic rings. The summed E-state index contributed by atoms with van der Waals surface area (Å²) >= 11 is 5.87. The molecule has 1 aliphatic heterocycles. The van der Waals surface area contributed by atoms with E-state index in [-0.39, 0.29) is 22.8 Å². The van der Waals surface area contributed by atoms with Gasteiger partial charge in [-0.05, 0) is 68.8 Å². The third kappa shape index (κ3) is 5.90. The van der Waals surface area contributed by atoms with Gasteiger partial charge in [0.1, 0.15) is 0 Å². The lowest BCUT2D eigenvalue weighted by Gasteiger charge is -2.31. The Balaban J connectivity index is 1.56. The Labute approximate surface area is 196 Å². The van der Waals surface area contributed by atoms with E-state index in [9.17, 15) is 13.2 Å². The summed E-state index contributed by atoms with van der Waals surface area (Å²) in [4.78, 5) is 15.1. The van der Waals surface area contributed by atoms with Gasteiger partial charge in [0.25, 0.3) is 0 Å². The monoisotopic (exact) mass is 477 g/mol. The molecule has 1 fully saturated rings. The highest BCUT2D eigenvalue weighted by Crippen LogP contribution is 2.25. The number of piperidine rings is 1. The molecule has 1 saturated heterocycles. The van der Waals surface area contributed by atoms with Crippen LogP contribution in [0.15, 0.2) is 53.4 Å². The van der Waals surface area contributed by atoms with Crippen molar-refractivity contribution >= 4 is 27.5 Å². The highest BCUT2D eigenvalue weighted by molar-refractivity contribution is 7.89. The van der Waals surface area contributed by atoms with Crippen molar-refractivity contribution in [2.45, 2.75) is 37.1 Å². The minimum atomic E-state index is -3.57. The topological polar surface area (TPSA) is 69.7 Å². The number of carbonyl (C=O) groups excluding carboxylic acids is 1. The number of sulfonamides is 1. The standard InChI is InChI=1S/C24H32ClN3O3S/c1-4-18-5-7-19(8-6-18)23(27(2)3)17-26-24(29)20-13-15-28(16-14-20)32(30,31)22-11-9-21(25)10-12-22/h5-12,20,23H,4,13-17H2,1-3H3,(H,26,29). The molecule has 8 heteroatoms. The number of aryl methyl sites for hydroxylation is 1. The molecule has 0 aromatic heterocycles. The normalized spacial score (nSPS) is 16.8. The fourth-order valence-electron chi connectivity index (χ4n) is 4.03. The molecular weight excluding hydrogens is 446 g/mol. The molecule has 0 radical (unpaired) electrons. The van der Waals surface area contributed by atoms with Crippen molar-refractivity contribution in [3.8, 4) is 0 Å². The lowest BCUT2D eigenvalue weighted by Crippen LogP contribution is -2.44. The quantitative estimate of drug-likeness (QED) is 0.629. The van der Waals surface area contributed by atoms with Gasteiger partial charge in [-0.1, -0.05) is 42.8 Å². The van der Waals surface area contributed by atoms with Crippen LogP contribution in [-0.2, 0) is 21.2 Å². The molecule has 1 heterocycles. The van der Waals surface area contributed by atoms with Crippen molar-refractivity contribution in [1.82, 2.24) is 14.5 Å². The van der Waals surface area contributed by atoms with Crippen molar-refractivity contribution in [3.05, 3.63) is 64.7 Å². The fourth-order valence-corrected chi connectivity index (χ4v) is 5.63. The second kappa shape index (κ2) is 10.8. The van der Waals surface area contributed by atoms with E-state index in [0.717, 1.165) is 12.0 Å². The van der Waals surface area contributed by atoms with Gasteiger partial charge < -0.3 is 10.2 Å². The van der Waals surface area contributed by atoms with Crippen LogP contribution in [0.3, 0.4) is 0 Å². The molecule has 0 aliphatic carbocycles. The van der Waals surface area contributed by atoms with E-state index in [0.29, 0.717) is 37.5 Å². The van der Waals surface area contributed by atoms with Gasteiger partial charge in [-0.3, -0.25) is 4.79 Å². The first-order chi connectivity index (χ1) is 15.2. The van der Waals surface area contributed by atoms with Crippen LogP contribution in [0.4, 0.5) is 0 Å². The molecule has 1 unspecified atom stereocenters. The van der Waals surface area contributed by atoms with Crippen molar-refractivity contribution in [2.24, 2.45) is 5.92 Å². The number of carbonyl (C=O) groups is 1. The van der Waals surface area contributed by atoms with Crippen LogP contribution in [0.25, 0.3) is 0 Å².